The van der Waals surface area contributed by atoms with E-state index in [-0.39, 0.29) is 11.9 Å². The minimum absolute atomic E-state index is 0.0844. The highest BCUT2D eigenvalue weighted by Gasteiger charge is 2.24. The number of carbonyl (C=O) groups excluding carboxylic acids is 1. The lowest BCUT2D eigenvalue weighted by Gasteiger charge is -2.18. The first-order chi connectivity index (χ1) is 16.0. The molecule has 4 aromatic rings. The summed E-state index contributed by atoms with van der Waals surface area (Å²) in [4.78, 5) is 13.7. The number of nitrogens with one attached hydrogen (secondary N) is 1. The molecule has 1 atom stereocenters. The summed E-state index contributed by atoms with van der Waals surface area (Å²) in [5.74, 6) is 2.25. The van der Waals surface area contributed by atoms with Crippen molar-refractivity contribution in [1.82, 2.24) is 20.1 Å². The molecule has 4 rings (SSSR count). The van der Waals surface area contributed by atoms with E-state index >= 15 is 0 Å². The van der Waals surface area contributed by atoms with Crippen molar-refractivity contribution in [3.63, 3.8) is 0 Å². The Morgan fingerprint density at radius 2 is 1.85 bits per heavy atom. The molecule has 2 heterocycles. The molecule has 0 fully saturated rings. The summed E-state index contributed by atoms with van der Waals surface area (Å²) in [6.45, 7) is 1.95. The van der Waals surface area contributed by atoms with Crippen LogP contribution in [0.5, 0.6) is 5.75 Å². The Morgan fingerprint density at radius 1 is 1.09 bits per heavy atom. The molecule has 1 unspecified atom stereocenters. The molecule has 6 nitrogen and oxygen atoms in total. The van der Waals surface area contributed by atoms with E-state index in [1.807, 2.05) is 72.4 Å². The first kappa shape index (κ1) is 23.1. The molecule has 1 amide bonds. The topological polar surface area (TPSA) is 69.0 Å². The van der Waals surface area contributed by atoms with Crippen LogP contribution in [0.4, 0.5) is 0 Å². The number of amides is 1. The van der Waals surface area contributed by atoms with E-state index < -0.39 is 0 Å². The SMILES string of the molecule is COc1ccc(CSc2nnc(C(Cc3ccccc3)NC(=O)c3sccc3C)n2C)cc1. The minimum Gasteiger partial charge on any atom is -0.497 e. The average Bonchev–Trinajstić information content (AvgIpc) is 3.43. The zero-order valence-electron chi connectivity index (χ0n) is 18.8. The summed E-state index contributed by atoms with van der Waals surface area (Å²) >= 11 is 3.07. The number of nitrogens with zero attached hydrogens (tertiary/aromatic N) is 3. The molecular formula is C25H26N4O2S2. The second-order valence-corrected chi connectivity index (χ2v) is 9.54. The number of aryl methyl sites for hydroxylation is 1. The van der Waals surface area contributed by atoms with Crippen LogP contribution in [0.3, 0.4) is 0 Å². The monoisotopic (exact) mass is 478 g/mol. The van der Waals surface area contributed by atoms with Crippen LogP contribution in [-0.2, 0) is 19.2 Å². The highest BCUT2D eigenvalue weighted by Crippen LogP contribution is 2.26. The van der Waals surface area contributed by atoms with Gasteiger partial charge in [0.1, 0.15) is 5.75 Å². The van der Waals surface area contributed by atoms with Gasteiger partial charge in [0.05, 0.1) is 18.0 Å². The van der Waals surface area contributed by atoms with Crippen molar-refractivity contribution in [3.05, 3.63) is 93.4 Å². The van der Waals surface area contributed by atoms with Gasteiger partial charge in [-0.05, 0) is 53.6 Å². The fourth-order valence-corrected chi connectivity index (χ4v) is 5.21. The summed E-state index contributed by atoms with van der Waals surface area (Å²) in [5, 5.41) is 14.8. The van der Waals surface area contributed by atoms with Gasteiger partial charge >= 0.3 is 0 Å². The molecule has 0 aliphatic rings. The number of aromatic nitrogens is 3. The second-order valence-electron chi connectivity index (χ2n) is 7.69. The third kappa shape index (κ3) is 5.64. The minimum atomic E-state index is -0.297. The van der Waals surface area contributed by atoms with Crippen LogP contribution in [0.25, 0.3) is 0 Å². The Labute approximate surface area is 202 Å². The summed E-state index contributed by atoms with van der Waals surface area (Å²) < 4.78 is 7.20. The van der Waals surface area contributed by atoms with Gasteiger partial charge in [-0.3, -0.25) is 4.79 Å². The van der Waals surface area contributed by atoms with E-state index in [1.165, 1.54) is 16.9 Å². The number of ether oxygens (including phenoxy) is 1. The number of benzene rings is 2. The van der Waals surface area contributed by atoms with Gasteiger partial charge in [0.25, 0.3) is 5.91 Å². The molecule has 0 aliphatic carbocycles. The fourth-order valence-electron chi connectivity index (χ4n) is 3.51. The lowest BCUT2D eigenvalue weighted by Crippen LogP contribution is -2.31. The molecule has 2 aromatic carbocycles. The zero-order chi connectivity index (χ0) is 23.2. The fraction of sp³-hybridized carbons (Fsp3) is 0.240. The third-order valence-electron chi connectivity index (χ3n) is 5.36. The average molecular weight is 479 g/mol. The molecule has 0 aliphatic heterocycles. The summed E-state index contributed by atoms with van der Waals surface area (Å²) in [6.07, 6.45) is 0.631. The lowest BCUT2D eigenvalue weighted by molar-refractivity contribution is 0.0937. The van der Waals surface area contributed by atoms with Crippen molar-refractivity contribution in [2.45, 2.75) is 30.3 Å². The second kappa shape index (κ2) is 10.7. The molecule has 33 heavy (non-hydrogen) atoms. The Bertz CT molecular complexity index is 1200. The summed E-state index contributed by atoms with van der Waals surface area (Å²) in [5.41, 5.74) is 3.28. The Balaban J connectivity index is 1.53. The van der Waals surface area contributed by atoms with E-state index in [1.54, 1.807) is 18.9 Å². The zero-order valence-corrected chi connectivity index (χ0v) is 20.5. The van der Waals surface area contributed by atoms with Crippen molar-refractivity contribution < 1.29 is 9.53 Å². The van der Waals surface area contributed by atoms with Crippen molar-refractivity contribution in [1.29, 1.82) is 0 Å². The normalized spacial score (nSPS) is 11.8. The van der Waals surface area contributed by atoms with Crippen molar-refractivity contribution in [3.8, 4) is 5.75 Å². The number of hydrogen-bond donors (Lipinski definition) is 1. The van der Waals surface area contributed by atoms with Crippen LogP contribution in [0.15, 0.2) is 71.2 Å². The maximum absolute atomic E-state index is 13.0. The number of thioether (sulfide) groups is 1. The maximum Gasteiger partial charge on any atom is 0.262 e. The van der Waals surface area contributed by atoms with Crippen LogP contribution in [0.1, 0.15) is 38.2 Å². The molecule has 2 aromatic heterocycles. The highest BCUT2D eigenvalue weighted by molar-refractivity contribution is 7.98. The van der Waals surface area contributed by atoms with Crippen LogP contribution >= 0.6 is 23.1 Å². The number of hydrogen-bond acceptors (Lipinski definition) is 6. The maximum atomic E-state index is 13.0. The third-order valence-corrected chi connectivity index (χ3v) is 7.47. The largest absolute Gasteiger partial charge is 0.497 e. The van der Waals surface area contributed by atoms with E-state index in [9.17, 15) is 4.79 Å². The molecular weight excluding hydrogens is 452 g/mol. The van der Waals surface area contributed by atoms with Crippen LogP contribution in [0.2, 0.25) is 0 Å². The van der Waals surface area contributed by atoms with E-state index in [2.05, 4.69) is 27.6 Å². The number of rotatable bonds is 9. The van der Waals surface area contributed by atoms with Gasteiger partial charge in [0, 0.05) is 12.8 Å². The molecule has 0 radical (unpaired) electrons. The van der Waals surface area contributed by atoms with Crippen LogP contribution in [-0.4, -0.2) is 27.8 Å². The highest BCUT2D eigenvalue weighted by atomic mass is 32.2. The lowest BCUT2D eigenvalue weighted by atomic mass is 10.0. The summed E-state index contributed by atoms with van der Waals surface area (Å²) in [7, 11) is 3.61. The van der Waals surface area contributed by atoms with E-state index in [0.29, 0.717) is 6.42 Å². The quantitative estimate of drug-likeness (QED) is 0.335. The summed E-state index contributed by atoms with van der Waals surface area (Å²) in [6, 6.07) is 19.8. The number of carbonyl (C=O) groups is 1. The van der Waals surface area contributed by atoms with Gasteiger partial charge in [-0.2, -0.15) is 0 Å². The predicted molar refractivity (Wildman–Crippen MR) is 133 cm³/mol. The Morgan fingerprint density at radius 3 is 2.52 bits per heavy atom. The van der Waals surface area contributed by atoms with Gasteiger partial charge in [-0.25, -0.2) is 0 Å². The number of thiophene rings is 1. The molecule has 8 heteroatoms. The first-order valence-electron chi connectivity index (χ1n) is 10.6. The standard InChI is InChI=1S/C25H26N4O2S2/c1-17-13-14-32-22(17)24(30)26-21(15-18-7-5-4-6-8-18)23-27-28-25(29(23)2)33-16-19-9-11-20(31-3)12-10-19/h4-14,21H,15-16H2,1-3H3,(H,26,30). The van der Waals surface area contributed by atoms with Crippen LogP contribution < -0.4 is 10.1 Å². The molecule has 0 saturated heterocycles. The molecule has 0 spiro atoms. The van der Waals surface area contributed by atoms with Crippen molar-refractivity contribution in [2.24, 2.45) is 7.05 Å². The van der Waals surface area contributed by atoms with E-state index in [4.69, 9.17) is 4.74 Å². The van der Waals surface area contributed by atoms with Gasteiger partial charge in [0.2, 0.25) is 0 Å². The van der Waals surface area contributed by atoms with Crippen LogP contribution in [0, 0.1) is 6.92 Å². The van der Waals surface area contributed by atoms with Gasteiger partial charge in [-0.1, -0.05) is 54.2 Å². The van der Waals surface area contributed by atoms with Crippen molar-refractivity contribution in [2.75, 3.05) is 7.11 Å². The van der Waals surface area contributed by atoms with Crippen molar-refractivity contribution >= 4 is 29.0 Å². The molecule has 1 N–H and O–H groups in total. The Hall–Kier alpha value is -3.10. The first-order valence-corrected chi connectivity index (χ1v) is 12.5. The smallest absolute Gasteiger partial charge is 0.262 e. The number of methoxy groups -OCH3 is 1. The van der Waals surface area contributed by atoms with Gasteiger partial charge in [0.15, 0.2) is 11.0 Å². The Kier molecular flexibility index (Phi) is 7.47. The predicted octanol–water partition coefficient (Wildman–Crippen LogP) is 5.20. The molecule has 0 bridgehead atoms. The van der Waals surface area contributed by atoms with E-state index in [0.717, 1.165) is 38.5 Å². The van der Waals surface area contributed by atoms with Gasteiger partial charge < -0.3 is 14.6 Å². The molecule has 0 saturated carbocycles. The molecule has 170 valence electrons. The van der Waals surface area contributed by atoms with Gasteiger partial charge in [-0.15, -0.1) is 21.5 Å².